The van der Waals surface area contributed by atoms with E-state index in [2.05, 4.69) is 322 Å². The van der Waals surface area contributed by atoms with Gasteiger partial charge in [0.1, 0.15) is 0 Å². The van der Waals surface area contributed by atoms with E-state index in [4.69, 9.17) is 0 Å². The zero-order valence-electron chi connectivity index (χ0n) is 49.6. The van der Waals surface area contributed by atoms with Gasteiger partial charge in [-0.1, -0.05) is 170 Å². The minimum Gasteiger partial charge on any atom is -0.331 e. The topological polar surface area (TPSA) is 19.7 Å². The molecule has 91 heavy (non-hydrogen) atoms. The third-order valence-corrected chi connectivity index (χ3v) is 22.3. The predicted molar refractivity (Wildman–Crippen MR) is 390 cm³/mol. The Morgan fingerprint density at radius 1 is 0.297 bits per heavy atom. The van der Waals surface area contributed by atoms with E-state index in [-0.39, 0.29) is 5.54 Å². The molecule has 426 valence electrons. The van der Waals surface area contributed by atoms with Crippen LogP contribution < -0.4 is 0 Å². The molecule has 1 aliphatic rings. The maximum Gasteiger partial charge on any atom is 0.0650 e. The molecule has 20 rings (SSSR count). The number of para-hydroxylation sites is 5. The first-order valence-electron chi connectivity index (χ1n) is 31.4. The van der Waals surface area contributed by atoms with Crippen molar-refractivity contribution >= 4 is 146 Å². The van der Waals surface area contributed by atoms with E-state index in [1.165, 1.54) is 173 Å². The summed E-state index contributed by atoms with van der Waals surface area (Å²) in [5.41, 5.74) is 21.7. The minimum absolute atomic E-state index is 0.233. The first kappa shape index (κ1) is 50.9. The van der Waals surface area contributed by atoms with E-state index < -0.39 is 0 Å². The molecule has 0 bridgehead atoms. The van der Waals surface area contributed by atoms with Gasteiger partial charge in [-0.3, -0.25) is 0 Å². The fraction of sp³-hybridized carbons (Fsp3) is 0.0353. The summed E-state index contributed by atoms with van der Waals surface area (Å²) in [5, 5.41) is 14.0. The van der Waals surface area contributed by atoms with Gasteiger partial charge in [-0.15, -0.1) is 22.7 Å². The zero-order valence-corrected chi connectivity index (χ0v) is 51.2. The van der Waals surface area contributed by atoms with Crippen LogP contribution in [0.2, 0.25) is 0 Å². The summed E-state index contributed by atoms with van der Waals surface area (Å²) >= 11 is 3.80. The lowest BCUT2D eigenvalue weighted by Gasteiger charge is -2.33. The average molecular weight is 1200 g/mol. The number of hydrogen-bond donors (Lipinski definition) is 0. The van der Waals surface area contributed by atoms with Crippen LogP contribution in [0.25, 0.3) is 174 Å². The van der Waals surface area contributed by atoms with Crippen LogP contribution in [0, 0.1) is 0 Å². The molecule has 6 heteroatoms. The molecule has 19 aromatic rings. The third kappa shape index (κ3) is 7.49. The highest BCUT2D eigenvalue weighted by Gasteiger charge is 2.33. The van der Waals surface area contributed by atoms with Crippen LogP contribution in [-0.4, -0.2) is 18.3 Å². The number of hydrogen-bond acceptors (Lipinski definition) is 2. The van der Waals surface area contributed by atoms with E-state index in [1.807, 2.05) is 22.7 Å². The summed E-state index contributed by atoms with van der Waals surface area (Å²) in [7, 11) is 0. The Morgan fingerprint density at radius 3 is 1.35 bits per heavy atom. The number of fused-ring (bicyclic) bond motifs is 18. The molecule has 6 aromatic heterocycles. The normalized spacial score (nSPS) is 14.4. The molecular formula is C85H54N4S2. The molecule has 0 spiro atoms. The van der Waals surface area contributed by atoms with E-state index in [9.17, 15) is 0 Å². The Labute approximate surface area is 531 Å². The summed E-state index contributed by atoms with van der Waals surface area (Å²) in [5.74, 6) is 0. The predicted octanol–water partition coefficient (Wildman–Crippen LogP) is 23.7. The van der Waals surface area contributed by atoms with Crippen LogP contribution in [0.3, 0.4) is 0 Å². The second-order valence-electron chi connectivity index (χ2n) is 25.0. The van der Waals surface area contributed by atoms with Crippen molar-refractivity contribution in [1.82, 2.24) is 18.3 Å². The SMILES string of the molecule is CC1(n2c3ccccc3c3cc(-c4ccc5c(c4)c4ccccc4n5-c4cccc(-c5ccc6sc7c(-n8c9ccccc9c9cc(-c%10ccc%11c(c%10)c%10ccccc%10n%11-c%10ccccc%10)ccc98)cccc7c6c5)c4)ccc32)C=Cc2sc3ccccc3c2C1. The molecule has 1 aliphatic carbocycles. The van der Waals surface area contributed by atoms with Crippen molar-refractivity contribution in [3.63, 3.8) is 0 Å². The minimum atomic E-state index is -0.233. The zero-order chi connectivity index (χ0) is 59.6. The highest BCUT2D eigenvalue weighted by Crippen LogP contribution is 2.48. The lowest BCUT2D eigenvalue weighted by molar-refractivity contribution is 0.432. The molecule has 0 amide bonds. The molecule has 1 atom stereocenters. The molecule has 0 saturated heterocycles. The Hall–Kier alpha value is -11.0. The van der Waals surface area contributed by atoms with Crippen molar-refractivity contribution in [1.29, 1.82) is 0 Å². The summed E-state index contributed by atoms with van der Waals surface area (Å²) in [4.78, 5) is 1.38. The van der Waals surface area contributed by atoms with Gasteiger partial charge in [0.15, 0.2) is 0 Å². The maximum absolute atomic E-state index is 2.60. The molecule has 0 radical (unpaired) electrons. The molecule has 0 saturated carbocycles. The summed E-state index contributed by atoms with van der Waals surface area (Å²) in [6.45, 7) is 2.41. The van der Waals surface area contributed by atoms with Crippen molar-refractivity contribution in [3.8, 4) is 50.4 Å². The average Bonchev–Trinajstić information content (AvgIpc) is 1.60. The first-order valence-corrected chi connectivity index (χ1v) is 33.1. The van der Waals surface area contributed by atoms with Gasteiger partial charge in [-0.2, -0.15) is 0 Å². The largest absolute Gasteiger partial charge is 0.331 e. The smallest absolute Gasteiger partial charge is 0.0650 e. The fourth-order valence-corrected chi connectivity index (χ4v) is 18.1. The number of rotatable bonds is 7. The van der Waals surface area contributed by atoms with Crippen LogP contribution in [0.1, 0.15) is 17.4 Å². The molecule has 4 nitrogen and oxygen atoms in total. The molecular weight excluding hydrogens is 1140 g/mol. The van der Waals surface area contributed by atoms with E-state index in [0.717, 1.165) is 12.1 Å². The molecule has 13 aromatic carbocycles. The van der Waals surface area contributed by atoms with Crippen LogP contribution >= 0.6 is 22.7 Å². The van der Waals surface area contributed by atoms with Crippen molar-refractivity contribution in [2.24, 2.45) is 0 Å². The Balaban J connectivity index is 0.652. The van der Waals surface area contributed by atoms with E-state index in [1.54, 1.807) is 0 Å². The highest BCUT2D eigenvalue weighted by atomic mass is 32.1. The van der Waals surface area contributed by atoms with Crippen molar-refractivity contribution < 1.29 is 0 Å². The number of benzene rings is 13. The Bertz CT molecular complexity index is 6330. The van der Waals surface area contributed by atoms with Crippen LogP contribution in [0.4, 0.5) is 0 Å². The van der Waals surface area contributed by atoms with Gasteiger partial charge in [0.05, 0.1) is 49.0 Å². The number of thiophene rings is 2. The number of aromatic nitrogens is 4. The van der Waals surface area contributed by atoms with E-state index in [0.29, 0.717) is 0 Å². The van der Waals surface area contributed by atoms with Crippen molar-refractivity contribution in [2.45, 2.75) is 18.9 Å². The third-order valence-electron chi connectivity index (χ3n) is 19.9. The van der Waals surface area contributed by atoms with Gasteiger partial charge in [-0.05, 0) is 179 Å². The quantitative estimate of drug-likeness (QED) is 0.152. The standard InChI is InChI=1S/C85H54N4S2/c1-85(44-43-83-71(51-85)64-25-9-14-32-81(64)90-83)89-78-30-13-8-24-63(78)69-49-56(36-41-79(69)89)54-34-39-76-67(47-54)61-22-6-11-28-73(61)87(76)59-20-15-17-52(45-59)57-37-42-82-70(50-57)65-26-16-31-80(84(65)91-82)88-74-29-12-7-23-62(74)68-48-55(35-40-77(68)88)53-33-38-75-66(46-53)60-21-5-10-27-72(60)86(75)58-18-3-2-4-19-58/h2-50H,51H2,1H3. The van der Waals surface area contributed by atoms with Crippen molar-refractivity contribution in [2.75, 3.05) is 0 Å². The van der Waals surface area contributed by atoms with Gasteiger partial charge in [-0.25, -0.2) is 0 Å². The highest BCUT2D eigenvalue weighted by molar-refractivity contribution is 7.26. The van der Waals surface area contributed by atoms with Gasteiger partial charge >= 0.3 is 0 Å². The van der Waals surface area contributed by atoms with Crippen LogP contribution in [-0.2, 0) is 12.0 Å². The van der Waals surface area contributed by atoms with Crippen LogP contribution in [0.15, 0.2) is 291 Å². The number of nitrogens with zero attached hydrogens (tertiary/aromatic N) is 4. The molecule has 0 aliphatic heterocycles. The lowest BCUT2D eigenvalue weighted by Crippen LogP contribution is -2.31. The Kier molecular flexibility index (Phi) is 10.8. The molecule has 1 unspecified atom stereocenters. The monoisotopic (exact) mass is 1190 g/mol. The number of allylic oxidation sites excluding steroid dienone is 1. The summed E-state index contributed by atoms with van der Waals surface area (Å²) in [6, 6.07) is 107. The molecule has 6 heterocycles. The van der Waals surface area contributed by atoms with Gasteiger partial charge in [0.25, 0.3) is 0 Å². The lowest BCUT2D eigenvalue weighted by atomic mass is 9.86. The first-order chi connectivity index (χ1) is 45.0. The second-order valence-corrected chi connectivity index (χ2v) is 27.1. The summed E-state index contributed by atoms with van der Waals surface area (Å²) in [6.07, 6.45) is 5.76. The maximum atomic E-state index is 2.60. The van der Waals surface area contributed by atoms with Gasteiger partial charge < -0.3 is 18.3 Å². The Morgan fingerprint density at radius 2 is 0.714 bits per heavy atom. The molecule has 0 fully saturated rings. The van der Waals surface area contributed by atoms with Gasteiger partial charge in [0.2, 0.25) is 0 Å². The van der Waals surface area contributed by atoms with Crippen molar-refractivity contribution in [3.05, 3.63) is 302 Å². The van der Waals surface area contributed by atoms with Crippen LogP contribution in [0.5, 0.6) is 0 Å². The van der Waals surface area contributed by atoms with Gasteiger partial charge in [0, 0.05) is 97.0 Å². The molecule has 0 N–H and O–H groups in total. The second kappa shape index (κ2) is 19.2. The van der Waals surface area contributed by atoms with E-state index >= 15 is 0 Å². The fourth-order valence-electron chi connectivity index (χ4n) is 15.8. The summed E-state index contributed by atoms with van der Waals surface area (Å²) < 4.78 is 13.9.